The van der Waals surface area contributed by atoms with Gasteiger partial charge in [-0.3, -0.25) is 10.1 Å². The van der Waals surface area contributed by atoms with Gasteiger partial charge in [0, 0.05) is 12.5 Å². The topological polar surface area (TPSA) is 49.3 Å². The van der Waals surface area contributed by atoms with E-state index in [0.29, 0.717) is 6.54 Å². The van der Waals surface area contributed by atoms with Gasteiger partial charge in [-0.25, -0.2) is 0 Å². The number of carbonyl (C=O) groups is 1. The van der Waals surface area contributed by atoms with Crippen molar-refractivity contribution >= 4 is 5.97 Å². The summed E-state index contributed by atoms with van der Waals surface area (Å²) in [4.78, 5) is 11.5. The number of rotatable bonds is 6. The van der Waals surface area contributed by atoms with Crippen LogP contribution >= 0.6 is 0 Å². The van der Waals surface area contributed by atoms with Gasteiger partial charge in [-0.1, -0.05) is 67.6 Å². The lowest BCUT2D eigenvalue weighted by atomic mass is 9.93. The number of benzene rings is 2. The molecule has 2 unspecified atom stereocenters. The van der Waals surface area contributed by atoms with Crippen LogP contribution in [0, 0.1) is 0 Å². The van der Waals surface area contributed by atoms with Crippen molar-refractivity contribution in [1.82, 2.24) is 5.32 Å². The molecule has 0 saturated heterocycles. The minimum absolute atomic E-state index is 0.0857. The maximum Gasteiger partial charge on any atom is 0.321 e. The van der Waals surface area contributed by atoms with Gasteiger partial charge >= 0.3 is 5.97 Å². The van der Waals surface area contributed by atoms with Crippen LogP contribution < -0.4 is 5.32 Å². The van der Waals surface area contributed by atoms with Gasteiger partial charge in [-0.2, -0.15) is 0 Å². The first-order valence-electron chi connectivity index (χ1n) is 6.73. The second-order valence-corrected chi connectivity index (χ2v) is 4.88. The first kappa shape index (κ1) is 14.3. The van der Waals surface area contributed by atoms with Crippen LogP contribution in [0.3, 0.4) is 0 Å². The predicted molar refractivity (Wildman–Crippen MR) is 79.6 cm³/mol. The van der Waals surface area contributed by atoms with Crippen LogP contribution in [0.25, 0.3) is 0 Å². The van der Waals surface area contributed by atoms with Crippen molar-refractivity contribution in [2.75, 3.05) is 0 Å². The predicted octanol–water partition coefficient (Wildman–Crippen LogP) is 3.03. The van der Waals surface area contributed by atoms with Gasteiger partial charge in [0.05, 0.1) is 0 Å². The number of carboxylic acids is 1. The summed E-state index contributed by atoms with van der Waals surface area (Å²) in [5.74, 6) is -0.908. The zero-order valence-corrected chi connectivity index (χ0v) is 11.5. The molecule has 0 heterocycles. The van der Waals surface area contributed by atoms with Gasteiger partial charge in [0.2, 0.25) is 0 Å². The molecule has 0 aliphatic heterocycles. The maximum absolute atomic E-state index is 11.5. The Labute approximate surface area is 119 Å². The highest BCUT2D eigenvalue weighted by Gasteiger charge is 2.25. The summed E-state index contributed by atoms with van der Waals surface area (Å²) in [6.07, 6.45) is 0. The molecular formula is C17H19NO2. The second-order valence-electron chi connectivity index (χ2n) is 4.88. The molecule has 104 valence electrons. The van der Waals surface area contributed by atoms with Gasteiger partial charge in [-0.05, 0) is 11.1 Å². The van der Waals surface area contributed by atoms with Crippen LogP contribution in [0.4, 0.5) is 0 Å². The number of carboxylic acid groups (broad SMARTS) is 1. The standard InChI is InChI=1S/C17H19NO2/c1-13(15-10-6-3-7-11-15)16(17(19)20)18-12-14-8-4-2-5-9-14/h2-11,13,16,18H,12H2,1H3,(H,19,20). The lowest BCUT2D eigenvalue weighted by Gasteiger charge is -2.22. The van der Waals surface area contributed by atoms with E-state index in [0.717, 1.165) is 11.1 Å². The average molecular weight is 269 g/mol. The first-order chi connectivity index (χ1) is 9.68. The van der Waals surface area contributed by atoms with Gasteiger partial charge < -0.3 is 5.11 Å². The largest absolute Gasteiger partial charge is 0.480 e. The average Bonchev–Trinajstić information content (AvgIpc) is 2.49. The van der Waals surface area contributed by atoms with Crippen molar-refractivity contribution < 1.29 is 9.90 Å². The highest BCUT2D eigenvalue weighted by molar-refractivity contribution is 5.75. The van der Waals surface area contributed by atoms with Crippen LogP contribution in [0.5, 0.6) is 0 Å². The van der Waals surface area contributed by atoms with E-state index in [1.165, 1.54) is 0 Å². The molecule has 0 aliphatic carbocycles. The maximum atomic E-state index is 11.5. The second kappa shape index (κ2) is 6.87. The molecule has 2 aromatic carbocycles. The molecule has 0 aromatic heterocycles. The summed E-state index contributed by atoms with van der Waals surface area (Å²) >= 11 is 0. The molecule has 3 heteroatoms. The lowest BCUT2D eigenvalue weighted by Crippen LogP contribution is -2.40. The minimum atomic E-state index is -0.822. The fourth-order valence-corrected chi connectivity index (χ4v) is 2.25. The van der Waals surface area contributed by atoms with Gasteiger partial charge in [-0.15, -0.1) is 0 Å². The lowest BCUT2D eigenvalue weighted by molar-refractivity contribution is -0.140. The fourth-order valence-electron chi connectivity index (χ4n) is 2.25. The third-order valence-electron chi connectivity index (χ3n) is 3.46. The smallest absolute Gasteiger partial charge is 0.321 e. The van der Waals surface area contributed by atoms with Crippen LogP contribution in [-0.2, 0) is 11.3 Å². The molecule has 2 rings (SSSR count). The van der Waals surface area contributed by atoms with Crippen LogP contribution in [0.2, 0.25) is 0 Å². The van der Waals surface area contributed by atoms with Gasteiger partial charge in [0.1, 0.15) is 6.04 Å². The number of aliphatic carboxylic acids is 1. The SMILES string of the molecule is CC(c1ccccc1)C(NCc1ccccc1)C(=O)O. The van der Waals surface area contributed by atoms with E-state index in [1.54, 1.807) is 0 Å². The molecule has 0 spiro atoms. The van der Waals surface area contributed by atoms with Crippen molar-refractivity contribution in [3.8, 4) is 0 Å². The number of hydrogen-bond donors (Lipinski definition) is 2. The summed E-state index contributed by atoms with van der Waals surface area (Å²) in [6.45, 7) is 2.49. The van der Waals surface area contributed by atoms with E-state index in [-0.39, 0.29) is 5.92 Å². The molecule has 0 amide bonds. The Morgan fingerprint density at radius 3 is 2.15 bits per heavy atom. The normalized spacial score (nSPS) is 13.7. The molecule has 2 N–H and O–H groups in total. The Morgan fingerprint density at radius 1 is 1.05 bits per heavy atom. The molecule has 0 aliphatic rings. The number of hydrogen-bond acceptors (Lipinski definition) is 2. The zero-order valence-electron chi connectivity index (χ0n) is 11.5. The molecular weight excluding hydrogens is 250 g/mol. The third kappa shape index (κ3) is 3.68. The summed E-state index contributed by atoms with van der Waals surface area (Å²) in [5, 5.41) is 12.6. The Morgan fingerprint density at radius 2 is 1.60 bits per heavy atom. The van der Waals surface area contributed by atoms with Gasteiger partial charge in [0.15, 0.2) is 0 Å². The van der Waals surface area contributed by atoms with Crippen LogP contribution in [0.1, 0.15) is 24.0 Å². The highest BCUT2D eigenvalue weighted by Crippen LogP contribution is 2.19. The molecule has 3 nitrogen and oxygen atoms in total. The molecule has 2 aromatic rings. The molecule has 0 saturated carbocycles. The van der Waals surface area contributed by atoms with Crippen LogP contribution in [0.15, 0.2) is 60.7 Å². The Kier molecular flexibility index (Phi) is 4.91. The van der Waals surface area contributed by atoms with Crippen molar-refractivity contribution in [1.29, 1.82) is 0 Å². The molecule has 0 fully saturated rings. The summed E-state index contributed by atoms with van der Waals surface area (Å²) in [6, 6.07) is 18.9. The van der Waals surface area contributed by atoms with E-state index in [2.05, 4.69) is 5.32 Å². The first-order valence-corrected chi connectivity index (χ1v) is 6.73. The summed E-state index contributed by atoms with van der Waals surface area (Å²) < 4.78 is 0. The van der Waals surface area contributed by atoms with Crippen molar-refractivity contribution in [2.45, 2.75) is 25.4 Å². The zero-order chi connectivity index (χ0) is 14.4. The van der Waals surface area contributed by atoms with E-state index in [4.69, 9.17) is 0 Å². The molecule has 20 heavy (non-hydrogen) atoms. The Hall–Kier alpha value is -2.13. The number of nitrogens with one attached hydrogen (secondary N) is 1. The third-order valence-corrected chi connectivity index (χ3v) is 3.46. The summed E-state index contributed by atoms with van der Waals surface area (Å²) in [5.41, 5.74) is 2.11. The van der Waals surface area contributed by atoms with Crippen molar-refractivity contribution in [3.63, 3.8) is 0 Å². The molecule has 0 radical (unpaired) electrons. The van der Waals surface area contributed by atoms with E-state index in [9.17, 15) is 9.90 Å². The van der Waals surface area contributed by atoms with Gasteiger partial charge in [0.25, 0.3) is 0 Å². The molecule has 0 bridgehead atoms. The quantitative estimate of drug-likeness (QED) is 0.847. The van der Waals surface area contributed by atoms with Crippen molar-refractivity contribution in [2.24, 2.45) is 0 Å². The Balaban J connectivity index is 2.06. The fraction of sp³-hybridized carbons (Fsp3) is 0.235. The monoisotopic (exact) mass is 269 g/mol. The van der Waals surface area contributed by atoms with E-state index < -0.39 is 12.0 Å². The van der Waals surface area contributed by atoms with E-state index in [1.807, 2.05) is 67.6 Å². The Bertz CT molecular complexity index is 539. The minimum Gasteiger partial charge on any atom is -0.480 e. The molecule has 2 atom stereocenters. The highest BCUT2D eigenvalue weighted by atomic mass is 16.4. The van der Waals surface area contributed by atoms with Crippen LogP contribution in [-0.4, -0.2) is 17.1 Å². The summed E-state index contributed by atoms with van der Waals surface area (Å²) in [7, 11) is 0. The van der Waals surface area contributed by atoms with E-state index >= 15 is 0 Å². The van der Waals surface area contributed by atoms with Crippen molar-refractivity contribution in [3.05, 3.63) is 71.8 Å².